The first-order valence-corrected chi connectivity index (χ1v) is 10.7. The van der Waals surface area contributed by atoms with E-state index in [4.69, 9.17) is 9.90 Å². The summed E-state index contributed by atoms with van der Waals surface area (Å²) in [5.41, 5.74) is -0.152. The summed E-state index contributed by atoms with van der Waals surface area (Å²) in [4.78, 5) is 40.1. The maximum Gasteiger partial charge on any atom is 0.490 e. The lowest BCUT2D eigenvalue weighted by Gasteiger charge is -2.47. The maximum absolute atomic E-state index is 12.8. The highest BCUT2D eigenvalue weighted by Crippen LogP contribution is 2.56. The highest BCUT2D eigenvalue weighted by Gasteiger charge is 2.63. The van der Waals surface area contributed by atoms with Gasteiger partial charge in [0.25, 0.3) is 0 Å². The Morgan fingerprint density at radius 3 is 2.16 bits per heavy atom. The van der Waals surface area contributed by atoms with E-state index in [2.05, 4.69) is 10.2 Å². The van der Waals surface area contributed by atoms with Gasteiger partial charge in [-0.2, -0.15) is 13.2 Å². The average Bonchev–Trinajstić information content (AvgIpc) is 3.35. The summed E-state index contributed by atoms with van der Waals surface area (Å²) in [6, 6.07) is 0.0996. The minimum atomic E-state index is -5.08. The van der Waals surface area contributed by atoms with Crippen LogP contribution in [0.5, 0.6) is 0 Å². The number of carboxylic acid groups (broad SMARTS) is 1. The Kier molecular flexibility index (Phi) is 6.46. The second kappa shape index (κ2) is 8.48. The van der Waals surface area contributed by atoms with Crippen LogP contribution < -0.4 is 5.32 Å². The lowest BCUT2D eigenvalue weighted by Crippen LogP contribution is -2.54. The molecule has 0 aromatic carbocycles. The highest BCUT2D eigenvalue weighted by molar-refractivity contribution is 5.86. The molecule has 3 amide bonds. The van der Waals surface area contributed by atoms with Gasteiger partial charge in [-0.1, -0.05) is 0 Å². The minimum absolute atomic E-state index is 0.0611. The molecule has 3 heterocycles. The molecule has 0 radical (unpaired) electrons. The van der Waals surface area contributed by atoms with Crippen LogP contribution >= 0.6 is 0 Å². The van der Waals surface area contributed by atoms with Gasteiger partial charge in [-0.05, 0) is 38.0 Å². The Bertz CT molecular complexity index is 718. The van der Waals surface area contributed by atoms with Gasteiger partial charge in [0.05, 0.1) is 5.41 Å². The van der Waals surface area contributed by atoms with E-state index < -0.39 is 12.1 Å². The Balaban J connectivity index is 0.000000339. The van der Waals surface area contributed by atoms with Gasteiger partial charge in [-0.3, -0.25) is 4.79 Å². The molecule has 0 aromatic rings. The quantitative estimate of drug-likeness (QED) is 0.670. The van der Waals surface area contributed by atoms with E-state index in [1.807, 2.05) is 19.0 Å². The zero-order chi connectivity index (χ0) is 23.0. The minimum Gasteiger partial charge on any atom is -0.475 e. The van der Waals surface area contributed by atoms with Crippen molar-refractivity contribution in [2.75, 3.05) is 53.4 Å². The first-order valence-electron chi connectivity index (χ1n) is 10.7. The second-order valence-electron chi connectivity index (χ2n) is 9.45. The van der Waals surface area contributed by atoms with Crippen molar-refractivity contribution in [3.05, 3.63) is 0 Å². The van der Waals surface area contributed by atoms with Gasteiger partial charge in [0.1, 0.15) is 0 Å². The van der Waals surface area contributed by atoms with Crippen molar-refractivity contribution in [1.82, 2.24) is 20.0 Å². The van der Waals surface area contributed by atoms with Gasteiger partial charge in [-0.15, -0.1) is 0 Å². The number of nitrogens with zero attached hydrogens (tertiary/aromatic N) is 3. The summed E-state index contributed by atoms with van der Waals surface area (Å²) in [6.45, 7) is 5.51. The van der Waals surface area contributed by atoms with Gasteiger partial charge in [0, 0.05) is 58.8 Å². The van der Waals surface area contributed by atoms with Crippen molar-refractivity contribution in [1.29, 1.82) is 0 Å². The first kappa shape index (κ1) is 23.6. The molecule has 3 aliphatic heterocycles. The van der Waals surface area contributed by atoms with Crippen LogP contribution in [0.25, 0.3) is 0 Å². The van der Waals surface area contributed by atoms with Gasteiger partial charge in [-0.25, -0.2) is 9.59 Å². The number of nitrogens with one attached hydrogen (secondary N) is 1. The number of likely N-dealkylation sites (tertiary alicyclic amines) is 2. The van der Waals surface area contributed by atoms with Crippen LogP contribution in [0.4, 0.5) is 18.0 Å². The third-order valence-electron chi connectivity index (χ3n) is 7.14. The van der Waals surface area contributed by atoms with E-state index >= 15 is 0 Å². The fourth-order valence-electron chi connectivity index (χ4n) is 5.35. The number of carbonyl (C=O) groups excluding carboxylic acids is 2. The van der Waals surface area contributed by atoms with Gasteiger partial charge >= 0.3 is 18.2 Å². The summed E-state index contributed by atoms with van der Waals surface area (Å²) in [5, 5.41) is 10.2. The average molecular weight is 448 g/mol. The normalized spacial score (nSPS) is 27.8. The highest BCUT2D eigenvalue weighted by atomic mass is 19.4. The molecule has 1 aliphatic carbocycles. The number of alkyl halides is 3. The first-order chi connectivity index (χ1) is 14.4. The number of carboxylic acids is 1. The van der Waals surface area contributed by atoms with E-state index in [1.54, 1.807) is 4.90 Å². The number of fused-ring (bicyclic) bond motifs is 1. The van der Waals surface area contributed by atoms with E-state index in [0.717, 1.165) is 64.4 Å². The molecule has 1 unspecified atom stereocenters. The Morgan fingerprint density at radius 1 is 1.16 bits per heavy atom. The smallest absolute Gasteiger partial charge is 0.475 e. The molecular weight excluding hydrogens is 417 g/mol. The standard InChI is InChI=1S/C18H30N4O2.C2HF3O2/c1-20(2)16(24)22-9-6-17(7-10-22)12-21(11-14-3-4-14)13-18(17)5-8-19-15(18)23;3-2(4,5)1(6)7/h14H,3-13H2,1-2H3,(H,19,23);(H,6,7). The van der Waals surface area contributed by atoms with Crippen LogP contribution in [0.15, 0.2) is 0 Å². The number of hydrogen-bond donors (Lipinski definition) is 2. The van der Waals surface area contributed by atoms with Crippen molar-refractivity contribution < 1.29 is 32.7 Å². The SMILES string of the molecule is CN(C)C(=O)N1CCC2(CC1)CN(CC1CC1)CC21CCNC1=O.O=C(O)C(F)(F)F. The summed E-state index contributed by atoms with van der Waals surface area (Å²) in [6.07, 6.45) is 0.512. The topological polar surface area (TPSA) is 93.2 Å². The summed E-state index contributed by atoms with van der Waals surface area (Å²) >= 11 is 0. The Morgan fingerprint density at radius 2 is 1.74 bits per heavy atom. The summed E-state index contributed by atoms with van der Waals surface area (Å²) in [7, 11) is 3.62. The van der Waals surface area contributed by atoms with Gasteiger partial charge in [0.2, 0.25) is 5.91 Å². The van der Waals surface area contributed by atoms with E-state index in [9.17, 15) is 22.8 Å². The van der Waals surface area contributed by atoms with E-state index in [0.29, 0.717) is 0 Å². The van der Waals surface area contributed by atoms with Crippen LogP contribution in [-0.4, -0.2) is 97.3 Å². The molecule has 31 heavy (non-hydrogen) atoms. The number of piperidine rings is 1. The predicted molar refractivity (Wildman–Crippen MR) is 105 cm³/mol. The largest absolute Gasteiger partial charge is 0.490 e. The van der Waals surface area contributed by atoms with Gasteiger partial charge < -0.3 is 25.1 Å². The predicted octanol–water partition coefficient (Wildman–Crippen LogP) is 1.62. The van der Waals surface area contributed by atoms with Crippen LogP contribution in [0.2, 0.25) is 0 Å². The molecule has 8 nitrogen and oxygen atoms in total. The van der Waals surface area contributed by atoms with Crippen LogP contribution in [0.1, 0.15) is 32.1 Å². The Labute approximate surface area is 179 Å². The fraction of sp³-hybridized carbons (Fsp3) is 0.850. The number of urea groups is 1. The van der Waals surface area contributed by atoms with E-state index in [-0.39, 0.29) is 22.8 Å². The molecule has 1 saturated carbocycles. The third kappa shape index (κ3) is 4.75. The molecule has 1 atom stereocenters. The molecular formula is C20H31F3N4O4. The monoisotopic (exact) mass is 448 g/mol. The molecule has 4 aliphatic rings. The molecule has 3 saturated heterocycles. The van der Waals surface area contributed by atoms with Crippen molar-refractivity contribution in [2.24, 2.45) is 16.7 Å². The molecule has 4 fully saturated rings. The van der Waals surface area contributed by atoms with Crippen molar-refractivity contribution >= 4 is 17.9 Å². The lowest BCUT2D eigenvalue weighted by atomic mass is 9.60. The molecule has 4 rings (SSSR count). The Hall–Kier alpha value is -2.04. The van der Waals surface area contributed by atoms with Crippen LogP contribution in [0.3, 0.4) is 0 Å². The molecule has 11 heteroatoms. The van der Waals surface area contributed by atoms with Crippen molar-refractivity contribution in [3.8, 4) is 0 Å². The van der Waals surface area contributed by atoms with E-state index in [1.165, 1.54) is 12.8 Å². The molecule has 2 N–H and O–H groups in total. The maximum atomic E-state index is 12.8. The van der Waals surface area contributed by atoms with Crippen LogP contribution in [0, 0.1) is 16.7 Å². The molecule has 0 bridgehead atoms. The number of halogens is 3. The van der Waals surface area contributed by atoms with Gasteiger partial charge in [0.15, 0.2) is 0 Å². The molecule has 0 aromatic heterocycles. The number of hydrogen-bond acceptors (Lipinski definition) is 4. The number of carbonyl (C=O) groups is 3. The summed E-state index contributed by atoms with van der Waals surface area (Å²) < 4.78 is 31.7. The lowest BCUT2D eigenvalue weighted by molar-refractivity contribution is -0.192. The fourth-order valence-corrected chi connectivity index (χ4v) is 5.35. The second-order valence-corrected chi connectivity index (χ2v) is 9.45. The number of aliphatic carboxylic acids is 1. The third-order valence-corrected chi connectivity index (χ3v) is 7.14. The zero-order valence-corrected chi connectivity index (χ0v) is 18.0. The zero-order valence-electron chi connectivity index (χ0n) is 18.0. The van der Waals surface area contributed by atoms with Crippen LogP contribution in [-0.2, 0) is 9.59 Å². The number of rotatable bonds is 2. The molecule has 176 valence electrons. The van der Waals surface area contributed by atoms with Crippen molar-refractivity contribution in [2.45, 2.75) is 38.3 Å². The van der Waals surface area contributed by atoms with Crippen molar-refractivity contribution in [3.63, 3.8) is 0 Å². The molecule has 2 spiro atoms. The number of amides is 3. The summed E-state index contributed by atoms with van der Waals surface area (Å²) in [5.74, 6) is -1.63.